The Balaban J connectivity index is 1.88. The average Bonchev–Trinajstić information content (AvgIpc) is 3.09. The summed E-state index contributed by atoms with van der Waals surface area (Å²) < 4.78 is 6.19. The van der Waals surface area contributed by atoms with E-state index in [1.54, 1.807) is 19.9 Å². The van der Waals surface area contributed by atoms with E-state index in [2.05, 4.69) is 15.5 Å². The summed E-state index contributed by atoms with van der Waals surface area (Å²) >= 11 is 0. The number of aromatic nitrogens is 3. The SMILES string of the molecule is CCN(CC(=O)Nc1cc(C)on1)c1c(N)n(Cc2ccccc2)c(=O)[nH]c1=O. The third-order valence-electron chi connectivity index (χ3n) is 4.33. The van der Waals surface area contributed by atoms with Crippen molar-refractivity contribution >= 4 is 23.2 Å². The number of hydrogen-bond donors (Lipinski definition) is 3. The summed E-state index contributed by atoms with van der Waals surface area (Å²) in [5.74, 6) is 0.426. The molecule has 4 N–H and O–H groups in total. The quantitative estimate of drug-likeness (QED) is 0.538. The molecule has 3 rings (SSSR count). The number of likely N-dealkylation sites (N-methyl/N-ethyl adjacent to an activating group) is 1. The predicted molar refractivity (Wildman–Crippen MR) is 109 cm³/mol. The summed E-state index contributed by atoms with van der Waals surface area (Å²) in [6.45, 7) is 3.84. The number of carbonyl (C=O) groups is 1. The van der Waals surface area contributed by atoms with Gasteiger partial charge in [-0.25, -0.2) is 4.79 Å². The molecule has 0 aliphatic rings. The first-order chi connectivity index (χ1) is 13.9. The van der Waals surface area contributed by atoms with Crippen LogP contribution in [0.4, 0.5) is 17.3 Å². The third kappa shape index (κ3) is 4.54. The van der Waals surface area contributed by atoms with E-state index in [1.807, 2.05) is 30.3 Å². The third-order valence-corrected chi connectivity index (χ3v) is 4.33. The number of anilines is 3. The lowest BCUT2D eigenvalue weighted by molar-refractivity contribution is -0.115. The zero-order valence-corrected chi connectivity index (χ0v) is 16.1. The molecule has 2 aromatic heterocycles. The van der Waals surface area contributed by atoms with Gasteiger partial charge >= 0.3 is 5.69 Å². The number of hydrogen-bond acceptors (Lipinski definition) is 7. The average molecular weight is 398 g/mol. The van der Waals surface area contributed by atoms with Gasteiger partial charge in [-0.2, -0.15) is 0 Å². The fourth-order valence-electron chi connectivity index (χ4n) is 2.94. The van der Waals surface area contributed by atoms with Gasteiger partial charge in [0.1, 0.15) is 17.3 Å². The predicted octanol–water partition coefficient (Wildman–Crippen LogP) is 0.929. The first-order valence-corrected chi connectivity index (χ1v) is 9.03. The van der Waals surface area contributed by atoms with Crippen LogP contribution in [0.1, 0.15) is 18.2 Å². The summed E-state index contributed by atoms with van der Waals surface area (Å²) in [6, 6.07) is 10.8. The molecule has 10 heteroatoms. The molecule has 0 unspecified atom stereocenters. The number of nitrogens with two attached hydrogens (primary N) is 1. The number of nitrogen functional groups attached to an aromatic ring is 1. The number of aromatic amines is 1. The Labute approximate surface area is 165 Å². The van der Waals surface area contributed by atoms with Crippen LogP contribution in [0.5, 0.6) is 0 Å². The molecular formula is C19H22N6O4. The monoisotopic (exact) mass is 398 g/mol. The van der Waals surface area contributed by atoms with Gasteiger partial charge in [0, 0.05) is 12.6 Å². The fourth-order valence-corrected chi connectivity index (χ4v) is 2.94. The van der Waals surface area contributed by atoms with Crippen molar-refractivity contribution in [1.82, 2.24) is 14.7 Å². The van der Waals surface area contributed by atoms with Crippen LogP contribution >= 0.6 is 0 Å². The van der Waals surface area contributed by atoms with Crippen molar-refractivity contribution in [3.8, 4) is 0 Å². The fraction of sp³-hybridized carbons (Fsp3) is 0.263. The molecule has 10 nitrogen and oxygen atoms in total. The van der Waals surface area contributed by atoms with Gasteiger partial charge in [-0.3, -0.25) is 19.1 Å². The molecule has 152 valence electrons. The van der Waals surface area contributed by atoms with E-state index in [0.29, 0.717) is 12.3 Å². The Kier molecular flexibility index (Phi) is 5.82. The van der Waals surface area contributed by atoms with Gasteiger partial charge in [0.15, 0.2) is 5.82 Å². The molecule has 0 aliphatic carbocycles. The minimum atomic E-state index is -0.649. The van der Waals surface area contributed by atoms with E-state index in [0.717, 1.165) is 5.56 Å². The number of nitrogens with zero attached hydrogens (tertiary/aromatic N) is 3. The molecule has 0 aliphatic heterocycles. The highest BCUT2D eigenvalue weighted by molar-refractivity contribution is 5.93. The molecule has 0 spiro atoms. The number of H-pyrrole nitrogens is 1. The van der Waals surface area contributed by atoms with Gasteiger partial charge < -0.3 is 20.5 Å². The highest BCUT2D eigenvalue weighted by atomic mass is 16.5. The number of amides is 1. The van der Waals surface area contributed by atoms with Gasteiger partial charge in [-0.15, -0.1) is 0 Å². The smallest absolute Gasteiger partial charge is 0.330 e. The maximum Gasteiger partial charge on any atom is 0.330 e. The Bertz CT molecular complexity index is 1120. The van der Waals surface area contributed by atoms with Crippen LogP contribution in [0.3, 0.4) is 0 Å². The lowest BCUT2D eigenvalue weighted by Crippen LogP contribution is -2.41. The molecule has 0 saturated heterocycles. The normalized spacial score (nSPS) is 10.7. The van der Waals surface area contributed by atoms with Crippen LogP contribution in [0.15, 0.2) is 50.5 Å². The molecule has 29 heavy (non-hydrogen) atoms. The van der Waals surface area contributed by atoms with Gasteiger partial charge in [0.05, 0.1) is 13.1 Å². The number of rotatable bonds is 7. The Hall–Kier alpha value is -3.82. The van der Waals surface area contributed by atoms with Crippen molar-refractivity contribution in [1.29, 1.82) is 0 Å². The van der Waals surface area contributed by atoms with Crippen LogP contribution in [0.25, 0.3) is 0 Å². The van der Waals surface area contributed by atoms with E-state index in [4.69, 9.17) is 10.3 Å². The highest BCUT2D eigenvalue weighted by Gasteiger charge is 2.20. The maximum absolute atomic E-state index is 12.5. The number of carbonyl (C=O) groups excluding carboxylic acids is 1. The lowest BCUT2D eigenvalue weighted by atomic mass is 10.2. The maximum atomic E-state index is 12.5. The molecule has 2 heterocycles. The molecule has 0 radical (unpaired) electrons. The van der Waals surface area contributed by atoms with Crippen LogP contribution in [-0.2, 0) is 11.3 Å². The van der Waals surface area contributed by atoms with E-state index in [-0.39, 0.29) is 30.4 Å². The Morgan fingerprint density at radius 3 is 2.66 bits per heavy atom. The Morgan fingerprint density at radius 2 is 2.03 bits per heavy atom. The van der Waals surface area contributed by atoms with Crippen molar-refractivity contribution in [2.75, 3.05) is 29.0 Å². The summed E-state index contributed by atoms with van der Waals surface area (Å²) in [7, 11) is 0. The minimum Gasteiger partial charge on any atom is -0.383 e. The van der Waals surface area contributed by atoms with Crippen molar-refractivity contribution < 1.29 is 9.32 Å². The first kappa shape index (κ1) is 19.9. The second-order valence-electron chi connectivity index (χ2n) is 6.45. The van der Waals surface area contributed by atoms with Crippen molar-refractivity contribution in [2.45, 2.75) is 20.4 Å². The summed E-state index contributed by atoms with van der Waals surface area (Å²) in [5.41, 5.74) is 5.83. The molecule has 0 atom stereocenters. The van der Waals surface area contributed by atoms with E-state index >= 15 is 0 Å². The minimum absolute atomic E-state index is 0.00506. The molecule has 0 fully saturated rings. The van der Waals surface area contributed by atoms with Crippen molar-refractivity contribution in [3.63, 3.8) is 0 Å². The zero-order valence-electron chi connectivity index (χ0n) is 16.1. The second-order valence-corrected chi connectivity index (χ2v) is 6.45. The van der Waals surface area contributed by atoms with Gasteiger partial charge in [0.2, 0.25) is 5.91 Å². The molecule has 0 saturated carbocycles. The molecule has 3 aromatic rings. The summed E-state index contributed by atoms with van der Waals surface area (Å²) in [5, 5.41) is 6.30. The number of aryl methyl sites for hydroxylation is 1. The number of nitrogens with one attached hydrogen (secondary N) is 2. The zero-order chi connectivity index (χ0) is 21.0. The van der Waals surface area contributed by atoms with Crippen molar-refractivity contribution in [2.24, 2.45) is 0 Å². The first-order valence-electron chi connectivity index (χ1n) is 9.03. The van der Waals surface area contributed by atoms with Crippen LogP contribution in [-0.4, -0.2) is 33.7 Å². The molecule has 1 aromatic carbocycles. The van der Waals surface area contributed by atoms with Gasteiger partial charge in [-0.05, 0) is 19.4 Å². The van der Waals surface area contributed by atoms with Gasteiger partial charge in [-0.1, -0.05) is 35.5 Å². The van der Waals surface area contributed by atoms with E-state index in [9.17, 15) is 14.4 Å². The number of benzene rings is 1. The second kappa shape index (κ2) is 8.46. The van der Waals surface area contributed by atoms with Gasteiger partial charge in [0.25, 0.3) is 5.56 Å². The molecule has 0 bridgehead atoms. The highest BCUT2D eigenvalue weighted by Crippen LogP contribution is 2.17. The summed E-state index contributed by atoms with van der Waals surface area (Å²) in [4.78, 5) is 40.9. The van der Waals surface area contributed by atoms with Crippen LogP contribution in [0.2, 0.25) is 0 Å². The summed E-state index contributed by atoms with van der Waals surface area (Å²) in [6.07, 6.45) is 0. The van der Waals surface area contributed by atoms with Crippen LogP contribution in [0, 0.1) is 6.92 Å². The van der Waals surface area contributed by atoms with Crippen molar-refractivity contribution in [3.05, 3.63) is 68.6 Å². The topological polar surface area (TPSA) is 139 Å². The largest absolute Gasteiger partial charge is 0.383 e. The van der Waals surface area contributed by atoms with Crippen LogP contribution < -0.4 is 27.2 Å². The van der Waals surface area contributed by atoms with E-state index in [1.165, 1.54) is 9.47 Å². The molecular weight excluding hydrogens is 376 g/mol. The standard InChI is InChI=1S/C19H22N6O4/c1-3-24(11-15(26)21-14-9-12(2)29-23-14)16-17(20)25(19(28)22-18(16)27)10-13-7-5-4-6-8-13/h4-9H,3,10-11,20H2,1-2H3,(H,21,23,26)(H,22,27,28). The lowest BCUT2D eigenvalue weighted by Gasteiger charge is -2.24. The van der Waals surface area contributed by atoms with E-state index < -0.39 is 17.2 Å². The molecule has 1 amide bonds. The Morgan fingerprint density at radius 1 is 1.31 bits per heavy atom.